The van der Waals surface area contributed by atoms with Gasteiger partial charge in [-0.2, -0.15) is 0 Å². The van der Waals surface area contributed by atoms with Crippen molar-refractivity contribution in [2.75, 3.05) is 20.8 Å². The van der Waals surface area contributed by atoms with Gasteiger partial charge in [-0.25, -0.2) is 13.1 Å². The predicted octanol–water partition coefficient (Wildman–Crippen LogP) is 0.445. The Bertz CT molecular complexity index is 642. The topological polar surface area (TPSA) is 125 Å². The lowest BCUT2D eigenvalue weighted by atomic mass is 10.3. The summed E-state index contributed by atoms with van der Waals surface area (Å²) < 4.78 is 35.6. The van der Waals surface area contributed by atoms with Gasteiger partial charge in [-0.15, -0.1) is 0 Å². The second-order valence-electron chi connectivity index (χ2n) is 3.82. The number of methoxy groups -OCH3 is 2. The van der Waals surface area contributed by atoms with Crippen LogP contribution in [0.15, 0.2) is 23.1 Å². The molecule has 10 heteroatoms. The van der Waals surface area contributed by atoms with Crippen molar-refractivity contribution in [3.8, 4) is 5.75 Å². The van der Waals surface area contributed by atoms with E-state index in [0.717, 1.165) is 12.1 Å². The molecule has 1 aromatic carbocycles. The van der Waals surface area contributed by atoms with Crippen LogP contribution in [0.4, 0.5) is 5.69 Å². The summed E-state index contributed by atoms with van der Waals surface area (Å²) in [6.07, 6.45) is -0.160. The van der Waals surface area contributed by atoms with Gasteiger partial charge < -0.3 is 9.47 Å². The van der Waals surface area contributed by atoms with E-state index in [1.54, 1.807) is 0 Å². The molecule has 0 radical (unpaired) electrons. The van der Waals surface area contributed by atoms with Gasteiger partial charge in [0, 0.05) is 18.7 Å². The van der Waals surface area contributed by atoms with E-state index in [4.69, 9.17) is 4.74 Å². The van der Waals surface area contributed by atoms with Gasteiger partial charge in [-0.05, 0) is 6.07 Å². The maximum absolute atomic E-state index is 12.1. The van der Waals surface area contributed by atoms with Crippen LogP contribution >= 0.6 is 0 Å². The van der Waals surface area contributed by atoms with Crippen molar-refractivity contribution in [2.24, 2.45) is 0 Å². The first kappa shape index (κ1) is 16.9. The van der Waals surface area contributed by atoms with Gasteiger partial charge in [-0.1, -0.05) is 0 Å². The highest BCUT2D eigenvalue weighted by Crippen LogP contribution is 2.27. The summed E-state index contributed by atoms with van der Waals surface area (Å²) in [4.78, 5) is 20.6. The fourth-order valence-electron chi connectivity index (χ4n) is 1.46. The molecule has 0 saturated carbocycles. The third-order valence-electron chi connectivity index (χ3n) is 2.50. The van der Waals surface area contributed by atoms with Crippen LogP contribution < -0.4 is 9.46 Å². The molecule has 9 nitrogen and oxygen atoms in total. The highest BCUT2D eigenvalue weighted by molar-refractivity contribution is 7.89. The number of nitrogens with zero attached hydrogens (tertiary/aromatic N) is 1. The fraction of sp³-hybridized carbons (Fsp3) is 0.364. The minimum absolute atomic E-state index is 0.0360. The van der Waals surface area contributed by atoms with Crippen LogP contribution in [-0.4, -0.2) is 40.1 Å². The number of hydrogen-bond acceptors (Lipinski definition) is 7. The van der Waals surface area contributed by atoms with Crippen LogP contribution in [0, 0.1) is 10.1 Å². The number of hydrogen-bond donors (Lipinski definition) is 1. The van der Waals surface area contributed by atoms with Gasteiger partial charge >= 0.3 is 5.97 Å². The van der Waals surface area contributed by atoms with E-state index < -0.39 is 20.9 Å². The molecule has 0 unspecified atom stereocenters. The largest absolute Gasteiger partial charge is 0.495 e. The van der Waals surface area contributed by atoms with Crippen LogP contribution in [0.5, 0.6) is 5.75 Å². The maximum atomic E-state index is 12.1. The average molecular weight is 318 g/mol. The summed E-state index contributed by atoms with van der Waals surface area (Å²) in [5.74, 6) is -0.616. The van der Waals surface area contributed by atoms with Crippen molar-refractivity contribution in [3.05, 3.63) is 28.3 Å². The summed E-state index contributed by atoms with van der Waals surface area (Å²) in [5, 5.41) is 10.7. The van der Waals surface area contributed by atoms with Crippen LogP contribution in [0.3, 0.4) is 0 Å². The zero-order valence-corrected chi connectivity index (χ0v) is 12.2. The van der Waals surface area contributed by atoms with Gasteiger partial charge in [0.2, 0.25) is 10.0 Å². The predicted molar refractivity (Wildman–Crippen MR) is 71.5 cm³/mol. The molecule has 1 rings (SSSR count). The van der Waals surface area contributed by atoms with E-state index >= 15 is 0 Å². The Kier molecular flexibility index (Phi) is 5.61. The van der Waals surface area contributed by atoms with E-state index in [-0.39, 0.29) is 29.3 Å². The monoisotopic (exact) mass is 318 g/mol. The number of nitro groups is 1. The number of ether oxygens (including phenoxy) is 2. The molecular weight excluding hydrogens is 304 g/mol. The number of nitro benzene ring substituents is 1. The molecule has 0 aromatic heterocycles. The molecule has 116 valence electrons. The molecule has 0 heterocycles. The van der Waals surface area contributed by atoms with Gasteiger partial charge in [0.15, 0.2) is 0 Å². The van der Waals surface area contributed by atoms with Crippen LogP contribution in [0.1, 0.15) is 6.42 Å². The number of nitrogens with one attached hydrogen (secondary N) is 1. The number of rotatable bonds is 7. The number of benzene rings is 1. The van der Waals surface area contributed by atoms with Gasteiger partial charge in [0.25, 0.3) is 5.69 Å². The molecule has 0 amide bonds. The summed E-state index contributed by atoms with van der Waals surface area (Å²) in [6.45, 7) is -0.194. The van der Waals surface area contributed by atoms with Crippen molar-refractivity contribution in [3.63, 3.8) is 0 Å². The summed E-state index contributed by atoms with van der Waals surface area (Å²) >= 11 is 0. The fourth-order valence-corrected chi connectivity index (χ4v) is 2.67. The molecule has 1 N–H and O–H groups in total. The van der Waals surface area contributed by atoms with Crippen LogP contribution in [0.2, 0.25) is 0 Å². The smallest absolute Gasteiger partial charge is 0.306 e. The Balaban J connectivity index is 3.03. The number of carbonyl (C=O) groups is 1. The Labute approximate surface area is 121 Å². The quantitative estimate of drug-likeness (QED) is 0.439. The van der Waals surface area contributed by atoms with E-state index in [1.807, 2.05) is 0 Å². The van der Waals surface area contributed by atoms with Crippen molar-refractivity contribution in [1.29, 1.82) is 0 Å². The van der Waals surface area contributed by atoms with Gasteiger partial charge in [-0.3, -0.25) is 14.9 Å². The highest BCUT2D eigenvalue weighted by Gasteiger charge is 2.23. The first-order valence-electron chi connectivity index (χ1n) is 5.70. The molecule has 21 heavy (non-hydrogen) atoms. The van der Waals surface area contributed by atoms with Crippen molar-refractivity contribution >= 4 is 21.7 Å². The molecule has 0 aliphatic heterocycles. The third kappa shape index (κ3) is 4.39. The molecule has 0 bridgehead atoms. The number of carbonyl (C=O) groups excluding carboxylic acids is 1. The molecule has 1 aromatic rings. The maximum Gasteiger partial charge on any atom is 0.306 e. The molecule has 0 saturated heterocycles. The normalized spacial score (nSPS) is 11.0. The standard InChI is InChI=1S/C11H14N2O7S/c1-19-9-4-3-8(13(15)16)7-10(9)21(17,18)12-6-5-11(14)20-2/h3-4,7,12H,5-6H2,1-2H3. The van der Waals surface area contributed by atoms with Gasteiger partial charge in [0.05, 0.1) is 25.6 Å². The first-order chi connectivity index (χ1) is 9.81. The average Bonchev–Trinajstić information content (AvgIpc) is 2.45. The molecular formula is C11H14N2O7S. The lowest BCUT2D eigenvalue weighted by molar-refractivity contribution is -0.385. The number of non-ortho nitro benzene ring substituents is 1. The molecule has 0 atom stereocenters. The zero-order chi connectivity index (χ0) is 16.0. The third-order valence-corrected chi connectivity index (χ3v) is 3.98. The van der Waals surface area contributed by atoms with E-state index in [1.165, 1.54) is 20.3 Å². The molecule has 0 fully saturated rings. The molecule has 0 aliphatic rings. The minimum atomic E-state index is -4.05. The summed E-state index contributed by atoms with van der Waals surface area (Å²) in [6, 6.07) is 3.21. The Morgan fingerprint density at radius 1 is 1.38 bits per heavy atom. The first-order valence-corrected chi connectivity index (χ1v) is 7.19. The second kappa shape index (κ2) is 6.99. The van der Waals surface area contributed by atoms with Gasteiger partial charge in [0.1, 0.15) is 10.6 Å². The minimum Gasteiger partial charge on any atom is -0.495 e. The summed E-state index contributed by atoms with van der Waals surface area (Å²) in [5.41, 5.74) is -0.385. The number of sulfonamides is 1. The Morgan fingerprint density at radius 2 is 2.05 bits per heavy atom. The number of esters is 1. The van der Waals surface area contributed by atoms with E-state index in [9.17, 15) is 23.3 Å². The lowest BCUT2D eigenvalue weighted by Crippen LogP contribution is -2.27. The lowest BCUT2D eigenvalue weighted by Gasteiger charge is -2.10. The van der Waals surface area contributed by atoms with Crippen molar-refractivity contribution in [1.82, 2.24) is 4.72 Å². The Hall–Kier alpha value is -2.20. The molecule has 0 aliphatic carbocycles. The van der Waals surface area contributed by atoms with E-state index in [0.29, 0.717) is 0 Å². The van der Waals surface area contributed by atoms with Crippen molar-refractivity contribution in [2.45, 2.75) is 11.3 Å². The van der Waals surface area contributed by atoms with Crippen molar-refractivity contribution < 1.29 is 27.6 Å². The van der Waals surface area contributed by atoms with E-state index in [2.05, 4.69) is 9.46 Å². The summed E-state index contributed by atoms with van der Waals surface area (Å²) in [7, 11) is -1.62. The SMILES string of the molecule is COC(=O)CCNS(=O)(=O)c1cc([N+](=O)[O-])ccc1OC. The second-order valence-corrected chi connectivity index (χ2v) is 5.55. The van der Waals surface area contributed by atoms with Crippen LogP contribution in [0.25, 0.3) is 0 Å². The zero-order valence-electron chi connectivity index (χ0n) is 11.4. The highest BCUT2D eigenvalue weighted by atomic mass is 32.2. The molecule has 0 spiro atoms. The van der Waals surface area contributed by atoms with Crippen LogP contribution in [-0.2, 0) is 19.6 Å². The Morgan fingerprint density at radius 3 is 2.57 bits per heavy atom.